The van der Waals surface area contributed by atoms with Crippen LogP contribution in [0.4, 0.5) is 0 Å². The minimum absolute atomic E-state index is 0.542. The molecule has 2 atom stereocenters. The molecule has 0 saturated heterocycles. The Bertz CT molecular complexity index is 589. The van der Waals surface area contributed by atoms with Crippen molar-refractivity contribution in [2.45, 2.75) is 25.2 Å². The van der Waals surface area contributed by atoms with E-state index in [1.54, 1.807) is 0 Å². The number of hydrogen-bond acceptors (Lipinski definition) is 0. The van der Waals surface area contributed by atoms with Crippen molar-refractivity contribution in [2.75, 3.05) is 0 Å². The van der Waals surface area contributed by atoms with Gasteiger partial charge < -0.3 is 0 Å². The summed E-state index contributed by atoms with van der Waals surface area (Å²) in [5, 5.41) is 0. The molecule has 0 spiro atoms. The van der Waals surface area contributed by atoms with Gasteiger partial charge in [0.25, 0.3) is 0 Å². The smallest absolute Gasteiger partial charge is 0.0178 e. The van der Waals surface area contributed by atoms with E-state index in [-0.39, 0.29) is 0 Å². The Morgan fingerprint density at radius 3 is 2.50 bits per heavy atom. The summed E-state index contributed by atoms with van der Waals surface area (Å²) < 4.78 is 2.35. The van der Waals surface area contributed by atoms with Crippen LogP contribution in [0.2, 0.25) is 0 Å². The van der Waals surface area contributed by atoms with Crippen LogP contribution < -0.4 is 0 Å². The van der Waals surface area contributed by atoms with Gasteiger partial charge in [0.15, 0.2) is 0 Å². The highest BCUT2D eigenvalue weighted by Gasteiger charge is 2.29. The van der Waals surface area contributed by atoms with Gasteiger partial charge >= 0.3 is 0 Å². The van der Waals surface area contributed by atoms with Crippen LogP contribution in [0.25, 0.3) is 0 Å². The lowest BCUT2D eigenvalue weighted by molar-refractivity contribution is 0.686. The normalized spacial score (nSPS) is 21.9. The largest absolute Gasteiger partial charge is 0.0608 e. The van der Waals surface area contributed by atoms with E-state index in [0.29, 0.717) is 11.8 Å². The summed E-state index contributed by atoms with van der Waals surface area (Å²) in [6.45, 7) is 2.32. The van der Waals surface area contributed by atoms with Crippen molar-refractivity contribution < 1.29 is 0 Å². The van der Waals surface area contributed by atoms with E-state index in [2.05, 4.69) is 81.2 Å². The number of benzene rings is 2. The van der Waals surface area contributed by atoms with E-state index >= 15 is 0 Å². The third kappa shape index (κ3) is 2.17. The molecule has 0 bridgehead atoms. The average molecular weight is 366 g/mol. The first-order valence-corrected chi connectivity index (χ1v) is 7.78. The molecular formula is C16H14Br2. The molecule has 2 unspecified atom stereocenters. The van der Waals surface area contributed by atoms with E-state index < -0.39 is 0 Å². The van der Waals surface area contributed by atoms with E-state index in [0.717, 1.165) is 0 Å². The number of rotatable bonds is 1. The zero-order valence-corrected chi connectivity index (χ0v) is 13.3. The summed E-state index contributed by atoms with van der Waals surface area (Å²) in [6, 6.07) is 15.4. The standard InChI is InChI=1S/C16H14Br2/c1-10-7-16(11-3-2-4-12(17)8-11)14-6-5-13(18)9-15(10)14/h2-6,8-10,16H,7H2,1H3. The van der Waals surface area contributed by atoms with Crippen molar-refractivity contribution >= 4 is 31.9 Å². The third-order valence-corrected chi connectivity index (χ3v) is 4.78. The van der Waals surface area contributed by atoms with E-state index in [4.69, 9.17) is 0 Å². The number of hydrogen-bond donors (Lipinski definition) is 0. The van der Waals surface area contributed by atoms with Gasteiger partial charge in [0.05, 0.1) is 0 Å². The molecule has 18 heavy (non-hydrogen) atoms. The first-order valence-electron chi connectivity index (χ1n) is 6.20. The maximum Gasteiger partial charge on any atom is 0.0178 e. The molecule has 0 N–H and O–H groups in total. The first-order chi connectivity index (χ1) is 8.65. The molecule has 0 fully saturated rings. The molecule has 0 aliphatic heterocycles. The fourth-order valence-electron chi connectivity index (χ4n) is 2.94. The Morgan fingerprint density at radius 2 is 1.72 bits per heavy atom. The van der Waals surface area contributed by atoms with Gasteiger partial charge in [-0.2, -0.15) is 0 Å². The summed E-state index contributed by atoms with van der Waals surface area (Å²) in [5.74, 6) is 1.18. The number of fused-ring (bicyclic) bond motifs is 1. The minimum Gasteiger partial charge on any atom is -0.0608 e. The van der Waals surface area contributed by atoms with Crippen molar-refractivity contribution in [3.8, 4) is 0 Å². The van der Waals surface area contributed by atoms with Gasteiger partial charge in [-0.25, -0.2) is 0 Å². The van der Waals surface area contributed by atoms with E-state index in [9.17, 15) is 0 Å². The predicted molar refractivity (Wildman–Crippen MR) is 83.2 cm³/mol. The highest BCUT2D eigenvalue weighted by atomic mass is 79.9. The topological polar surface area (TPSA) is 0 Å². The first kappa shape index (κ1) is 12.4. The predicted octanol–water partition coefficient (Wildman–Crippen LogP) is 5.85. The molecular weight excluding hydrogens is 352 g/mol. The molecule has 1 aliphatic carbocycles. The molecule has 0 heterocycles. The highest BCUT2D eigenvalue weighted by Crippen LogP contribution is 2.46. The van der Waals surface area contributed by atoms with E-state index in [1.807, 2.05) is 0 Å². The molecule has 0 saturated carbocycles. The van der Waals surface area contributed by atoms with Crippen molar-refractivity contribution in [1.29, 1.82) is 0 Å². The third-order valence-electron chi connectivity index (χ3n) is 3.80. The molecule has 2 heteroatoms. The molecule has 92 valence electrons. The van der Waals surface area contributed by atoms with Gasteiger partial charge in [-0.1, -0.05) is 57.0 Å². The van der Waals surface area contributed by atoms with Crippen molar-refractivity contribution in [3.05, 3.63) is 68.1 Å². The van der Waals surface area contributed by atoms with Gasteiger partial charge in [0.1, 0.15) is 0 Å². The van der Waals surface area contributed by atoms with Gasteiger partial charge in [-0.05, 0) is 53.3 Å². The summed E-state index contributed by atoms with van der Waals surface area (Å²) in [6.07, 6.45) is 1.21. The fraction of sp³-hybridized carbons (Fsp3) is 0.250. The molecule has 0 amide bonds. The summed E-state index contributed by atoms with van der Waals surface area (Å²) >= 11 is 7.14. The van der Waals surface area contributed by atoms with Crippen LogP contribution >= 0.6 is 31.9 Å². The second-order valence-corrected chi connectivity index (χ2v) is 6.85. The minimum atomic E-state index is 0.542. The second-order valence-electron chi connectivity index (χ2n) is 5.02. The summed E-state index contributed by atoms with van der Waals surface area (Å²) in [7, 11) is 0. The second kappa shape index (κ2) is 4.82. The zero-order valence-electron chi connectivity index (χ0n) is 10.2. The SMILES string of the molecule is CC1CC(c2cccc(Br)c2)c2ccc(Br)cc21. The molecule has 0 aromatic heterocycles. The van der Waals surface area contributed by atoms with Crippen LogP contribution in [0.3, 0.4) is 0 Å². The Hall–Kier alpha value is -0.600. The molecule has 0 nitrogen and oxygen atoms in total. The highest BCUT2D eigenvalue weighted by molar-refractivity contribution is 9.10. The molecule has 0 radical (unpaired) electrons. The van der Waals surface area contributed by atoms with E-state index in [1.165, 1.54) is 32.1 Å². The average Bonchev–Trinajstić information content (AvgIpc) is 2.67. The van der Waals surface area contributed by atoms with Crippen LogP contribution in [0.15, 0.2) is 51.4 Å². The summed E-state index contributed by atoms with van der Waals surface area (Å²) in [4.78, 5) is 0. The van der Waals surface area contributed by atoms with Crippen molar-refractivity contribution in [1.82, 2.24) is 0 Å². The van der Waals surface area contributed by atoms with Crippen LogP contribution in [-0.4, -0.2) is 0 Å². The van der Waals surface area contributed by atoms with Gasteiger partial charge in [-0.3, -0.25) is 0 Å². The lowest BCUT2D eigenvalue weighted by Crippen LogP contribution is -1.95. The van der Waals surface area contributed by atoms with Gasteiger partial charge in [0.2, 0.25) is 0 Å². The lowest BCUT2D eigenvalue weighted by Gasteiger charge is -2.12. The van der Waals surface area contributed by atoms with Crippen LogP contribution in [0.5, 0.6) is 0 Å². The molecule has 2 aromatic carbocycles. The number of halogens is 2. The van der Waals surface area contributed by atoms with Crippen LogP contribution in [0, 0.1) is 0 Å². The maximum atomic E-state index is 3.57. The Kier molecular flexibility index (Phi) is 3.33. The van der Waals surface area contributed by atoms with Crippen molar-refractivity contribution in [2.24, 2.45) is 0 Å². The Labute approximate surface area is 125 Å². The Morgan fingerprint density at radius 1 is 0.944 bits per heavy atom. The lowest BCUT2D eigenvalue weighted by atomic mass is 9.93. The quantitative estimate of drug-likeness (QED) is 0.594. The maximum absolute atomic E-state index is 3.57. The van der Waals surface area contributed by atoms with Gasteiger partial charge in [0, 0.05) is 14.9 Å². The zero-order chi connectivity index (χ0) is 12.7. The van der Waals surface area contributed by atoms with Crippen molar-refractivity contribution in [3.63, 3.8) is 0 Å². The molecule has 2 aromatic rings. The monoisotopic (exact) mass is 364 g/mol. The Balaban J connectivity index is 2.08. The van der Waals surface area contributed by atoms with Gasteiger partial charge in [-0.15, -0.1) is 0 Å². The molecule has 1 aliphatic rings. The van der Waals surface area contributed by atoms with Crippen LogP contribution in [0.1, 0.15) is 41.9 Å². The summed E-state index contributed by atoms with van der Waals surface area (Å²) in [5.41, 5.74) is 4.40. The molecule has 3 rings (SSSR count). The van der Waals surface area contributed by atoms with Crippen LogP contribution in [-0.2, 0) is 0 Å². The fourth-order valence-corrected chi connectivity index (χ4v) is 3.73.